The molecular weight excluding hydrogens is 130 g/mol. The predicted molar refractivity (Wildman–Crippen MR) is 39.8 cm³/mol. The first-order valence-corrected chi connectivity index (χ1v) is 3.36. The molecule has 0 saturated carbocycles. The van der Waals surface area contributed by atoms with E-state index in [-0.39, 0.29) is 6.23 Å². The van der Waals surface area contributed by atoms with E-state index in [0.29, 0.717) is 13.0 Å². The Hall–Kier alpha value is -0.380. The SMILES string of the molecule is C=CCC(OCC)N(C)O. The summed E-state index contributed by atoms with van der Waals surface area (Å²) in [5, 5.41) is 9.98. The van der Waals surface area contributed by atoms with Gasteiger partial charge in [0, 0.05) is 20.1 Å². The van der Waals surface area contributed by atoms with E-state index in [4.69, 9.17) is 9.94 Å². The third-order valence-electron chi connectivity index (χ3n) is 1.14. The van der Waals surface area contributed by atoms with Gasteiger partial charge in [-0.3, -0.25) is 0 Å². The molecule has 0 rings (SSSR count). The Morgan fingerprint density at radius 2 is 2.40 bits per heavy atom. The summed E-state index contributed by atoms with van der Waals surface area (Å²) in [6.45, 7) is 6.04. The average Bonchev–Trinajstić information content (AvgIpc) is 1.87. The van der Waals surface area contributed by atoms with Crippen molar-refractivity contribution in [2.24, 2.45) is 0 Å². The van der Waals surface area contributed by atoms with Gasteiger partial charge < -0.3 is 9.94 Å². The third-order valence-corrected chi connectivity index (χ3v) is 1.14. The first-order chi connectivity index (χ1) is 4.72. The quantitative estimate of drug-likeness (QED) is 0.359. The van der Waals surface area contributed by atoms with E-state index in [1.807, 2.05) is 6.92 Å². The predicted octanol–water partition coefficient (Wildman–Crippen LogP) is 1.25. The van der Waals surface area contributed by atoms with E-state index in [1.165, 1.54) is 0 Å². The Kier molecular flexibility index (Phi) is 5.20. The van der Waals surface area contributed by atoms with E-state index in [0.717, 1.165) is 5.06 Å². The molecule has 0 aliphatic carbocycles. The molecule has 0 saturated heterocycles. The molecule has 60 valence electrons. The molecule has 0 fully saturated rings. The Morgan fingerprint density at radius 1 is 1.80 bits per heavy atom. The Labute approximate surface area is 61.9 Å². The zero-order chi connectivity index (χ0) is 7.98. The summed E-state index contributed by atoms with van der Waals surface area (Å²) < 4.78 is 5.15. The van der Waals surface area contributed by atoms with Crippen LogP contribution in [-0.2, 0) is 4.74 Å². The second-order valence-corrected chi connectivity index (χ2v) is 2.01. The van der Waals surface area contributed by atoms with Crippen molar-refractivity contribution in [2.45, 2.75) is 19.6 Å². The molecule has 0 amide bonds. The monoisotopic (exact) mass is 145 g/mol. The highest BCUT2D eigenvalue weighted by Crippen LogP contribution is 2.00. The van der Waals surface area contributed by atoms with Gasteiger partial charge in [-0.05, 0) is 6.92 Å². The lowest BCUT2D eigenvalue weighted by atomic mass is 10.4. The zero-order valence-corrected chi connectivity index (χ0v) is 6.58. The van der Waals surface area contributed by atoms with Crippen LogP contribution in [0.25, 0.3) is 0 Å². The first kappa shape index (κ1) is 9.62. The first-order valence-electron chi connectivity index (χ1n) is 3.36. The highest BCUT2D eigenvalue weighted by Gasteiger charge is 2.08. The van der Waals surface area contributed by atoms with Gasteiger partial charge in [0.05, 0.1) is 0 Å². The van der Waals surface area contributed by atoms with Crippen LogP contribution in [0.1, 0.15) is 13.3 Å². The number of hydroxylamine groups is 2. The van der Waals surface area contributed by atoms with Crippen LogP contribution in [0.2, 0.25) is 0 Å². The number of hydrogen-bond donors (Lipinski definition) is 1. The lowest BCUT2D eigenvalue weighted by Crippen LogP contribution is -2.30. The third kappa shape index (κ3) is 3.61. The molecule has 1 N–H and O–H groups in total. The van der Waals surface area contributed by atoms with E-state index in [2.05, 4.69) is 6.58 Å². The lowest BCUT2D eigenvalue weighted by molar-refractivity contribution is -0.196. The molecule has 3 heteroatoms. The van der Waals surface area contributed by atoms with Crippen molar-refractivity contribution in [2.75, 3.05) is 13.7 Å². The van der Waals surface area contributed by atoms with Crippen LogP contribution in [-0.4, -0.2) is 30.2 Å². The topological polar surface area (TPSA) is 32.7 Å². The molecule has 1 unspecified atom stereocenters. The molecule has 0 aromatic rings. The number of rotatable bonds is 5. The van der Waals surface area contributed by atoms with Gasteiger partial charge >= 0.3 is 0 Å². The van der Waals surface area contributed by atoms with E-state index in [9.17, 15) is 0 Å². The van der Waals surface area contributed by atoms with Crippen LogP contribution in [0.5, 0.6) is 0 Å². The van der Waals surface area contributed by atoms with Gasteiger partial charge in [-0.25, -0.2) is 0 Å². The van der Waals surface area contributed by atoms with Gasteiger partial charge in [0.25, 0.3) is 0 Å². The van der Waals surface area contributed by atoms with Crippen LogP contribution >= 0.6 is 0 Å². The molecule has 0 spiro atoms. The normalized spacial score (nSPS) is 13.6. The fraction of sp³-hybridized carbons (Fsp3) is 0.714. The van der Waals surface area contributed by atoms with E-state index >= 15 is 0 Å². The van der Waals surface area contributed by atoms with Crippen LogP contribution in [0.15, 0.2) is 12.7 Å². The maximum atomic E-state index is 8.93. The van der Waals surface area contributed by atoms with E-state index < -0.39 is 0 Å². The minimum absolute atomic E-state index is 0.248. The van der Waals surface area contributed by atoms with Gasteiger partial charge in [-0.1, -0.05) is 6.08 Å². The van der Waals surface area contributed by atoms with Crippen molar-refractivity contribution in [1.29, 1.82) is 0 Å². The zero-order valence-electron chi connectivity index (χ0n) is 6.58. The lowest BCUT2D eigenvalue weighted by Gasteiger charge is -2.20. The minimum Gasteiger partial charge on any atom is -0.361 e. The molecule has 0 aromatic heterocycles. The minimum atomic E-state index is -0.248. The fourth-order valence-electron chi connectivity index (χ4n) is 0.663. The van der Waals surface area contributed by atoms with E-state index in [1.54, 1.807) is 13.1 Å². The fourth-order valence-corrected chi connectivity index (χ4v) is 0.663. The van der Waals surface area contributed by atoms with Crippen molar-refractivity contribution >= 4 is 0 Å². The van der Waals surface area contributed by atoms with Crippen molar-refractivity contribution in [3.05, 3.63) is 12.7 Å². The molecule has 0 aliphatic heterocycles. The molecule has 0 radical (unpaired) electrons. The molecule has 3 nitrogen and oxygen atoms in total. The highest BCUT2D eigenvalue weighted by molar-refractivity contribution is 4.70. The number of nitrogens with zero attached hydrogens (tertiary/aromatic N) is 1. The van der Waals surface area contributed by atoms with Crippen molar-refractivity contribution in [3.8, 4) is 0 Å². The van der Waals surface area contributed by atoms with Crippen LogP contribution in [0, 0.1) is 0 Å². The average molecular weight is 145 g/mol. The van der Waals surface area contributed by atoms with Crippen molar-refractivity contribution in [3.63, 3.8) is 0 Å². The smallest absolute Gasteiger partial charge is 0.135 e. The highest BCUT2D eigenvalue weighted by atomic mass is 16.6. The Balaban J connectivity index is 3.60. The summed E-state index contributed by atoms with van der Waals surface area (Å²) in [4.78, 5) is 0. The van der Waals surface area contributed by atoms with Gasteiger partial charge in [-0.15, -0.1) is 6.58 Å². The largest absolute Gasteiger partial charge is 0.361 e. The van der Waals surface area contributed by atoms with Crippen LogP contribution in [0.4, 0.5) is 0 Å². The summed E-state index contributed by atoms with van der Waals surface area (Å²) in [5.74, 6) is 0. The summed E-state index contributed by atoms with van der Waals surface area (Å²) in [6, 6.07) is 0. The standard InChI is InChI=1S/C7H15NO2/c1-4-6-7(8(3)9)10-5-2/h4,7,9H,1,5-6H2,2-3H3. The van der Waals surface area contributed by atoms with Gasteiger partial charge in [-0.2, -0.15) is 5.06 Å². The summed E-state index contributed by atoms with van der Waals surface area (Å²) >= 11 is 0. The summed E-state index contributed by atoms with van der Waals surface area (Å²) in [7, 11) is 1.56. The number of hydrogen-bond acceptors (Lipinski definition) is 3. The maximum absolute atomic E-state index is 8.93. The molecule has 0 heterocycles. The van der Waals surface area contributed by atoms with Crippen LogP contribution in [0.3, 0.4) is 0 Å². The summed E-state index contributed by atoms with van der Waals surface area (Å²) in [6.07, 6.45) is 2.11. The molecular formula is C7H15NO2. The maximum Gasteiger partial charge on any atom is 0.135 e. The Bertz CT molecular complexity index is 93.6. The van der Waals surface area contributed by atoms with Gasteiger partial charge in [0.15, 0.2) is 0 Å². The van der Waals surface area contributed by atoms with Gasteiger partial charge in [0.2, 0.25) is 0 Å². The summed E-state index contributed by atoms with van der Waals surface area (Å²) in [5.41, 5.74) is 0. The van der Waals surface area contributed by atoms with Crippen molar-refractivity contribution < 1.29 is 9.94 Å². The van der Waals surface area contributed by atoms with Crippen molar-refractivity contribution in [1.82, 2.24) is 5.06 Å². The second kappa shape index (κ2) is 5.41. The second-order valence-electron chi connectivity index (χ2n) is 2.01. The molecule has 0 aliphatic rings. The molecule has 0 bridgehead atoms. The van der Waals surface area contributed by atoms with Crippen LogP contribution < -0.4 is 0 Å². The Morgan fingerprint density at radius 3 is 2.70 bits per heavy atom. The molecule has 1 atom stereocenters. The number of ether oxygens (including phenoxy) is 1. The van der Waals surface area contributed by atoms with Gasteiger partial charge in [0.1, 0.15) is 6.23 Å². The molecule has 10 heavy (non-hydrogen) atoms. The molecule has 0 aromatic carbocycles.